The van der Waals surface area contributed by atoms with Crippen LogP contribution in [0.25, 0.3) is 0 Å². The third kappa shape index (κ3) is 1.62. The van der Waals surface area contributed by atoms with Crippen molar-refractivity contribution in [3.8, 4) is 0 Å². The first kappa shape index (κ1) is 10.5. The molecule has 2 heterocycles. The molecule has 0 saturated carbocycles. The van der Waals surface area contributed by atoms with Gasteiger partial charge in [0.05, 0.1) is 5.69 Å². The normalized spacial score (nSPS) is 27.7. The molecule has 3 heteroatoms. The molecule has 2 nitrogen and oxygen atoms in total. The van der Waals surface area contributed by atoms with Crippen molar-refractivity contribution >= 4 is 17.4 Å². The Kier molecular flexibility index (Phi) is 2.82. The lowest BCUT2D eigenvalue weighted by atomic mass is 9.97. The van der Waals surface area contributed by atoms with Crippen LogP contribution in [-0.2, 0) is 0 Å². The van der Waals surface area contributed by atoms with Gasteiger partial charge in [-0.25, -0.2) is 0 Å². The van der Waals surface area contributed by atoms with E-state index in [1.807, 2.05) is 11.8 Å². The minimum absolute atomic E-state index is 0.725. The first-order valence-electron chi connectivity index (χ1n) is 6.08. The van der Waals surface area contributed by atoms with Crippen LogP contribution in [-0.4, -0.2) is 24.9 Å². The maximum Gasteiger partial charge on any atom is 0.0507 e. The summed E-state index contributed by atoms with van der Waals surface area (Å²) in [5, 5.41) is 0. The molecule has 1 saturated heterocycles. The second-order valence-corrected chi connectivity index (χ2v) is 5.73. The number of hydrogen-bond donors (Lipinski definition) is 1. The van der Waals surface area contributed by atoms with Gasteiger partial charge in [-0.05, 0) is 37.4 Å². The number of anilines is 1. The van der Waals surface area contributed by atoms with Gasteiger partial charge in [0.15, 0.2) is 0 Å². The maximum absolute atomic E-state index is 5.70. The molecule has 16 heavy (non-hydrogen) atoms. The predicted octanol–water partition coefficient (Wildman–Crippen LogP) is 2.34. The summed E-state index contributed by atoms with van der Waals surface area (Å²) in [6, 6.07) is 9.52. The van der Waals surface area contributed by atoms with Gasteiger partial charge in [0.1, 0.15) is 0 Å². The van der Waals surface area contributed by atoms with Gasteiger partial charge < -0.3 is 10.6 Å². The van der Waals surface area contributed by atoms with Crippen LogP contribution >= 0.6 is 11.8 Å². The van der Waals surface area contributed by atoms with Crippen molar-refractivity contribution in [3.05, 3.63) is 24.3 Å². The van der Waals surface area contributed by atoms with Crippen LogP contribution in [0.5, 0.6) is 0 Å². The summed E-state index contributed by atoms with van der Waals surface area (Å²) in [6.07, 6.45) is 2.50. The Morgan fingerprint density at radius 3 is 3.12 bits per heavy atom. The number of rotatable bonds is 2. The van der Waals surface area contributed by atoms with Gasteiger partial charge >= 0.3 is 0 Å². The quantitative estimate of drug-likeness (QED) is 0.851. The predicted molar refractivity (Wildman–Crippen MR) is 70.1 cm³/mol. The average molecular weight is 234 g/mol. The van der Waals surface area contributed by atoms with E-state index in [1.165, 1.54) is 35.7 Å². The number of nitrogens with zero attached hydrogens (tertiary/aromatic N) is 1. The van der Waals surface area contributed by atoms with Gasteiger partial charge in [-0.2, -0.15) is 0 Å². The van der Waals surface area contributed by atoms with E-state index in [9.17, 15) is 0 Å². The van der Waals surface area contributed by atoms with Gasteiger partial charge in [-0.15, -0.1) is 11.8 Å². The number of fused-ring (bicyclic) bond motifs is 3. The van der Waals surface area contributed by atoms with E-state index in [-0.39, 0.29) is 0 Å². The number of hydrogen-bond acceptors (Lipinski definition) is 3. The maximum atomic E-state index is 5.70. The van der Waals surface area contributed by atoms with E-state index in [0.717, 1.165) is 18.5 Å². The van der Waals surface area contributed by atoms with E-state index in [1.54, 1.807) is 0 Å². The fourth-order valence-electron chi connectivity index (χ4n) is 2.99. The highest BCUT2D eigenvalue weighted by atomic mass is 32.2. The average Bonchev–Trinajstić information content (AvgIpc) is 2.73. The van der Waals surface area contributed by atoms with E-state index < -0.39 is 0 Å². The summed E-state index contributed by atoms with van der Waals surface area (Å²) in [6.45, 7) is 2.05. The summed E-state index contributed by atoms with van der Waals surface area (Å²) in [7, 11) is 0. The number of para-hydroxylation sites is 1. The molecule has 0 bridgehead atoms. The van der Waals surface area contributed by atoms with Crippen molar-refractivity contribution in [1.82, 2.24) is 0 Å². The molecule has 86 valence electrons. The molecule has 2 aliphatic rings. The first-order valence-corrected chi connectivity index (χ1v) is 7.07. The van der Waals surface area contributed by atoms with Crippen molar-refractivity contribution in [2.45, 2.75) is 23.8 Å². The summed E-state index contributed by atoms with van der Waals surface area (Å²) in [5.74, 6) is 2.05. The largest absolute Gasteiger partial charge is 0.367 e. The third-order valence-corrected chi connectivity index (χ3v) is 4.97. The Labute approximate surface area is 101 Å². The van der Waals surface area contributed by atoms with Crippen LogP contribution in [0.15, 0.2) is 29.2 Å². The van der Waals surface area contributed by atoms with Crippen molar-refractivity contribution in [2.75, 3.05) is 23.7 Å². The Balaban J connectivity index is 1.87. The van der Waals surface area contributed by atoms with Gasteiger partial charge in [-0.3, -0.25) is 0 Å². The molecule has 0 aliphatic carbocycles. The van der Waals surface area contributed by atoms with Crippen LogP contribution in [0.1, 0.15) is 12.8 Å². The van der Waals surface area contributed by atoms with Crippen molar-refractivity contribution in [1.29, 1.82) is 0 Å². The minimum Gasteiger partial charge on any atom is -0.367 e. The molecule has 2 unspecified atom stereocenters. The number of benzene rings is 1. The van der Waals surface area contributed by atoms with Crippen LogP contribution in [0.4, 0.5) is 5.69 Å². The molecule has 0 amide bonds. The highest BCUT2D eigenvalue weighted by Crippen LogP contribution is 2.43. The lowest BCUT2D eigenvalue weighted by molar-refractivity contribution is 0.469. The summed E-state index contributed by atoms with van der Waals surface area (Å²) in [4.78, 5) is 4.05. The molecular formula is C13H18N2S. The van der Waals surface area contributed by atoms with E-state index in [0.29, 0.717) is 0 Å². The lowest BCUT2D eigenvalue weighted by Crippen LogP contribution is -2.38. The standard InChI is InChI=1S/C13H18N2S/c14-7-5-10-6-8-15-11-3-1-2-4-13(11)16-9-12(10)15/h1-4,10,12H,5-9,14H2. The first-order chi connectivity index (χ1) is 7.90. The molecule has 1 aromatic rings. The topological polar surface area (TPSA) is 29.3 Å². The number of nitrogens with two attached hydrogens (primary N) is 1. The third-order valence-electron chi connectivity index (χ3n) is 3.81. The zero-order chi connectivity index (χ0) is 11.0. The van der Waals surface area contributed by atoms with Gasteiger partial charge in [0.2, 0.25) is 0 Å². The fraction of sp³-hybridized carbons (Fsp3) is 0.538. The van der Waals surface area contributed by atoms with E-state index >= 15 is 0 Å². The van der Waals surface area contributed by atoms with Crippen LogP contribution < -0.4 is 10.6 Å². The second-order valence-electron chi connectivity index (χ2n) is 4.67. The van der Waals surface area contributed by atoms with E-state index in [2.05, 4.69) is 29.2 Å². The molecule has 2 aliphatic heterocycles. The monoisotopic (exact) mass is 234 g/mol. The van der Waals surface area contributed by atoms with Crippen molar-refractivity contribution < 1.29 is 0 Å². The highest BCUT2D eigenvalue weighted by molar-refractivity contribution is 7.99. The summed E-state index contributed by atoms with van der Waals surface area (Å²) in [5.41, 5.74) is 7.15. The Morgan fingerprint density at radius 2 is 2.25 bits per heavy atom. The fourth-order valence-corrected chi connectivity index (χ4v) is 4.30. The zero-order valence-corrected chi connectivity index (χ0v) is 10.2. The molecule has 0 aromatic heterocycles. The van der Waals surface area contributed by atoms with Crippen LogP contribution in [0.2, 0.25) is 0 Å². The van der Waals surface area contributed by atoms with Gasteiger partial charge in [0.25, 0.3) is 0 Å². The Morgan fingerprint density at radius 1 is 1.38 bits per heavy atom. The molecular weight excluding hydrogens is 216 g/mol. The minimum atomic E-state index is 0.725. The molecule has 3 rings (SSSR count). The van der Waals surface area contributed by atoms with E-state index in [4.69, 9.17) is 5.73 Å². The second kappa shape index (κ2) is 4.30. The molecule has 1 aromatic carbocycles. The van der Waals surface area contributed by atoms with Gasteiger partial charge in [0, 0.05) is 23.2 Å². The summed E-state index contributed by atoms with van der Waals surface area (Å²) < 4.78 is 0. The van der Waals surface area contributed by atoms with Crippen LogP contribution in [0.3, 0.4) is 0 Å². The SMILES string of the molecule is NCCC1CCN2c3ccccc3SCC12. The zero-order valence-electron chi connectivity index (χ0n) is 9.43. The molecule has 2 atom stereocenters. The van der Waals surface area contributed by atoms with Crippen molar-refractivity contribution in [2.24, 2.45) is 11.7 Å². The lowest BCUT2D eigenvalue weighted by Gasteiger charge is -2.35. The Bertz CT molecular complexity index is 380. The van der Waals surface area contributed by atoms with Gasteiger partial charge in [-0.1, -0.05) is 12.1 Å². The van der Waals surface area contributed by atoms with Crippen LogP contribution in [0, 0.1) is 5.92 Å². The Hall–Kier alpha value is -0.670. The van der Waals surface area contributed by atoms with Crippen molar-refractivity contribution in [3.63, 3.8) is 0 Å². The smallest absolute Gasteiger partial charge is 0.0507 e. The number of thioether (sulfide) groups is 1. The summed E-state index contributed by atoms with van der Waals surface area (Å²) >= 11 is 2.01. The molecule has 2 N–H and O–H groups in total. The molecule has 0 radical (unpaired) electrons. The molecule has 0 spiro atoms. The highest BCUT2D eigenvalue weighted by Gasteiger charge is 2.37. The molecule has 1 fully saturated rings.